The normalized spacial score (nSPS) is 26.1. The second kappa shape index (κ2) is 4.80. The highest BCUT2D eigenvalue weighted by Crippen LogP contribution is 2.35. The van der Waals surface area contributed by atoms with Crippen LogP contribution in [0.25, 0.3) is 0 Å². The molecular formula is C14H20O. The Morgan fingerprint density at radius 1 is 1.27 bits per heavy atom. The third-order valence-corrected chi connectivity index (χ3v) is 3.06. The minimum Gasteiger partial charge on any atom is -0.373 e. The Labute approximate surface area is 92.5 Å². The van der Waals surface area contributed by atoms with Gasteiger partial charge in [-0.15, -0.1) is 0 Å². The molecule has 0 N–H and O–H groups in total. The molecule has 82 valence electrons. The molecule has 1 nitrogen and oxygen atoms in total. The van der Waals surface area contributed by atoms with E-state index in [1.165, 1.54) is 18.4 Å². The van der Waals surface area contributed by atoms with E-state index in [1.54, 1.807) is 0 Å². The molecule has 2 rings (SSSR count). The first-order chi connectivity index (χ1) is 7.25. The maximum Gasteiger partial charge on any atom is 0.0828 e. The predicted molar refractivity (Wildman–Crippen MR) is 62.7 cm³/mol. The predicted octanol–water partition coefficient (Wildman–Crippen LogP) is 3.81. The van der Waals surface area contributed by atoms with Crippen LogP contribution in [0.1, 0.15) is 38.4 Å². The largest absolute Gasteiger partial charge is 0.373 e. The zero-order valence-corrected chi connectivity index (χ0v) is 9.65. The van der Waals surface area contributed by atoms with Gasteiger partial charge >= 0.3 is 0 Å². The molecule has 1 aromatic rings. The number of hydrogen-bond donors (Lipinski definition) is 0. The van der Waals surface area contributed by atoms with Crippen LogP contribution < -0.4 is 0 Å². The Kier molecular flexibility index (Phi) is 3.42. The van der Waals surface area contributed by atoms with Crippen molar-refractivity contribution in [3.63, 3.8) is 0 Å². The molecule has 0 aliphatic carbocycles. The van der Waals surface area contributed by atoms with Crippen LogP contribution in [0, 0.1) is 11.8 Å². The second-order valence-corrected chi connectivity index (χ2v) is 4.96. The van der Waals surface area contributed by atoms with E-state index in [4.69, 9.17) is 4.74 Å². The van der Waals surface area contributed by atoms with E-state index in [9.17, 15) is 0 Å². The van der Waals surface area contributed by atoms with Crippen LogP contribution in [0.4, 0.5) is 0 Å². The highest BCUT2D eigenvalue weighted by molar-refractivity contribution is 5.18. The summed E-state index contributed by atoms with van der Waals surface area (Å²) in [6.45, 7) is 5.52. The van der Waals surface area contributed by atoms with Crippen LogP contribution in [0.3, 0.4) is 0 Å². The Bertz CT molecular complexity index is 291. The summed E-state index contributed by atoms with van der Waals surface area (Å²) < 4.78 is 5.85. The lowest BCUT2D eigenvalue weighted by Crippen LogP contribution is -2.03. The van der Waals surface area contributed by atoms with Crippen LogP contribution in [0.15, 0.2) is 30.3 Å². The van der Waals surface area contributed by atoms with Crippen molar-refractivity contribution in [1.82, 2.24) is 0 Å². The summed E-state index contributed by atoms with van der Waals surface area (Å²) in [7, 11) is 0. The Hall–Kier alpha value is -0.820. The Morgan fingerprint density at radius 2 is 2.00 bits per heavy atom. The zero-order valence-electron chi connectivity index (χ0n) is 9.65. The quantitative estimate of drug-likeness (QED) is 0.727. The van der Waals surface area contributed by atoms with E-state index in [0.717, 1.165) is 18.4 Å². The summed E-state index contributed by atoms with van der Waals surface area (Å²) in [4.78, 5) is 0. The van der Waals surface area contributed by atoms with Crippen LogP contribution in [0.2, 0.25) is 0 Å². The van der Waals surface area contributed by atoms with Gasteiger partial charge in [0, 0.05) is 0 Å². The summed E-state index contributed by atoms with van der Waals surface area (Å²) in [5.41, 5.74) is 1.34. The minimum atomic E-state index is 0.343. The average molecular weight is 204 g/mol. The van der Waals surface area contributed by atoms with Crippen LogP contribution in [-0.4, -0.2) is 6.61 Å². The summed E-state index contributed by atoms with van der Waals surface area (Å²) in [6, 6.07) is 10.6. The van der Waals surface area contributed by atoms with Crippen molar-refractivity contribution in [3.05, 3.63) is 35.9 Å². The third kappa shape index (κ3) is 2.82. The van der Waals surface area contributed by atoms with Crippen LogP contribution in [0.5, 0.6) is 0 Å². The molecule has 15 heavy (non-hydrogen) atoms. The first-order valence-electron chi connectivity index (χ1n) is 5.92. The monoisotopic (exact) mass is 204 g/mol. The molecule has 0 radical (unpaired) electrons. The first kappa shape index (κ1) is 10.7. The van der Waals surface area contributed by atoms with E-state index < -0.39 is 0 Å². The molecule has 1 heterocycles. The molecule has 1 heteroatoms. The van der Waals surface area contributed by atoms with Crippen LogP contribution in [-0.2, 0) is 4.74 Å². The molecule has 0 saturated carbocycles. The van der Waals surface area contributed by atoms with Gasteiger partial charge in [0.05, 0.1) is 12.7 Å². The fourth-order valence-corrected chi connectivity index (χ4v) is 2.42. The van der Waals surface area contributed by atoms with Gasteiger partial charge < -0.3 is 4.74 Å². The van der Waals surface area contributed by atoms with E-state index in [2.05, 4.69) is 44.2 Å². The molecule has 1 aromatic carbocycles. The van der Waals surface area contributed by atoms with Gasteiger partial charge in [-0.3, -0.25) is 0 Å². The van der Waals surface area contributed by atoms with Crippen molar-refractivity contribution < 1.29 is 4.74 Å². The summed E-state index contributed by atoms with van der Waals surface area (Å²) >= 11 is 0. The number of rotatable bonds is 3. The van der Waals surface area contributed by atoms with Crippen molar-refractivity contribution in [2.45, 2.75) is 32.8 Å². The van der Waals surface area contributed by atoms with Crippen molar-refractivity contribution >= 4 is 0 Å². The molecule has 0 spiro atoms. The van der Waals surface area contributed by atoms with Crippen molar-refractivity contribution in [1.29, 1.82) is 0 Å². The van der Waals surface area contributed by atoms with Gasteiger partial charge in [0.2, 0.25) is 0 Å². The van der Waals surface area contributed by atoms with E-state index in [-0.39, 0.29) is 0 Å². The number of hydrogen-bond acceptors (Lipinski definition) is 1. The molecular weight excluding hydrogens is 184 g/mol. The molecule has 1 aliphatic heterocycles. The van der Waals surface area contributed by atoms with Gasteiger partial charge in [-0.05, 0) is 30.2 Å². The maximum absolute atomic E-state index is 5.85. The molecule has 1 aliphatic rings. The lowest BCUT2D eigenvalue weighted by atomic mass is 9.93. The van der Waals surface area contributed by atoms with Gasteiger partial charge in [0.25, 0.3) is 0 Å². The fourth-order valence-electron chi connectivity index (χ4n) is 2.42. The zero-order chi connectivity index (χ0) is 10.7. The smallest absolute Gasteiger partial charge is 0.0828 e. The van der Waals surface area contributed by atoms with Crippen molar-refractivity contribution in [3.8, 4) is 0 Å². The van der Waals surface area contributed by atoms with Gasteiger partial charge in [-0.1, -0.05) is 44.2 Å². The van der Waals surface area contributed by atoms with Gasteiger partial charge in [0.1, 0.15) is 0 Å². The summed E-state index contributed by atoms with van der Waals surface area (Å²) in [5.74, 6) is 1.54. The van der Waals surface area contributed by atoms with Gasteiger partial charge in [-0.25, -0.2) is 0 Å². The molecule has 0 unspecified atom stereocenters. The standard InChI is InChI=1S/C14H20O/c1-11(2)8-12-9-14(15-10-12)13-6-4-3-5-7-13/h3-7,11-12,14H,8-10H2,1-2H3/t12-,14-/m1/s1. The lowest BCUT2D eigenvalue weighted by Gasteiger charge is -2.11. The average Bonchev–Trinajstić information content (AvgIpc) is 2.67. The number of ether oxygens (including phenoxy) is 1. The summed E-state index contributed by atoms with van der Waals surface area (Å²) in [5, 5.41) is 0. The molecule has 1 fully saturated rings. The molecule has 2 atom stereocenters. The molecule has 0 aromatic heterocycles. The first-order valence-corrected chi connectivity index (χ1v) is 5.92. The van der Waals surface area contributed by atoms with Crippen LogP contribution >= 0.6 is 0 Å². The highest BCUT2D eigenvalue weighted by atomic mass is 16.5. The van der Waals surface area contributed by atoms with Gasteiger partial charge in [0.15, 0.2) is 0 Å². The topological polar surface area (TPSA) is 9.23 Å². The third-order valence-electron chi connectivity index (χ3n) is 3.06. The number of benzene rings is 1. The Morgan fingerprint density at radius 3 is 2.67 bits per heavy atom. The SMILES string of the molecule is CC(C)C[C@H]1CO[C@@H](c2ccccc2)C1. The van der Waals surface area contributed by atoms with Gasteiger partial charge in [-0.2, -0.15) is 0 Å². The second-order valence-electron chi connectivity index (χ2n) is 4.96. The molecule has 0 bridgehead atoms. The fraction of sp³-hybridized carbons (Fsp3) is 0.571. The van der Waals surface area contributed by atoms with Crippen molar-refractivity contribution in [2.75, 3.05) is 6.61 Å². The maximum atomic E-state index is 5.85. The van der Waals surface area contributed by atoms with E-state index in [0.29, 0.717) is 6.10 Å². The highest BCUT2D eigenvalue weighted by Gasteiger charge is 2.26. The summed E-state index contributed by atoms with van der Waals surface area (Å²) in [6.07, 6.45) is 2.83. The lowest BCUT2D eigenvalue weighted by molar-refractivity contribution is 0.106. The Balaban J connectivity index is 1.93. The van der Waals surface area contributed by atoms with Crippen molar-refractivity contribution in [2.24, 2.45) is 11.8 Å². The minimum absolute atomic E-state index is 0.343. The molecule has 1 saturated heterocycles. The molecule has 0 amide bonds. The van der Waals surface area contributed by atoms with E-state index >= 15 is 0 Å². The van der Waals surface area contributed by atoms with E-state index in [1.807, 2.05) is 0 Å².